The lowest BCUT2D eigenvalue weighted by molar-refractivity contribution is 0.0523. The highest BCUT2D eigenvalue weighted by Crippen LogP contribution is 2.64. The molecule has 0 saturated heterocycles. The molecule has 35 heavy (non-hydrogen) atoms. The van der Waals surface area contributed by atoms with Crippen LogP contribution in [0, 0.1) is 11.2 Å². The fourth-order valence-electron chi connectivity index (χ4n) is 5.30. The molecule has 2 aliphatic carbocycles. The standard InChI is InChI=1S/C26H32FN5O3/c1-25(2,3)35-24(34)29-15-16-13-17(7-8-18(16)27)30-22-21-19(9-12-28-23(21)33)32(31-22)20-14-26(20)10-5-4-6-11-26/h7-9,12-13,20H,4-6,10-11,14-15H2,1-3H3,(H,28,33)(H,29,34)(H,30,31). The fraction of sp³-hybridized carbons (Fsp3) is 0.500. The van der Waals surface area contributed by atoms with Gasteiger partial charge in [-0.3, -0.25) is 9.48 Å². The predicted octanol–water partition coefficient (Wildman–Crippen LogP) is 5.53. The minimum Gasteiger partial charge on any atom is -0.444 e. The minimum absolute atomic E-state index is 0.0311. The third-order valence-electron chi connectivity index (χ3n) is 7.05. The highest BCUT2D eigenvalue weighted by molar-refractivity contribution is 5.91. The van der Waals surface area contributed by atoms with Crippen LogP contribution in [0.15, 0.2) is 35.3 Å². The summed E-state index contributed by atoms with van der Waals surface area (Å²) in [7, 11) is 0. The summed E-state index contributed by atoms with van der Waals surface area (Å²) >= 11 is 0. The van der Waals surface area contributed by atoms with Crippen molar-refractivity contribution in [2.45, 2.75) is 77.5 Å². The van der Waals surface area contributed by atoms with Gasteiger partial charge in [0, 0.05) is 24.0 Å². The number of carbonyl (C=O) groups excluding carboxylic acids is 1. The Kier molecular flexibility index (Phi) is 5.81. The van der Waals surface area contributed by atoms with Crippen LogP contribution >= 0.6 is 0 Å². The third-order valence-corrected chi connectivity index (χ3v) is 7.05. The van der Waals surface area contributed by atoms with Crippen LogP contribution < -0.4 is 16.2 Å². The number of aromatic amines is 1. The molecular formula is C26H32FN5O3. The van der Waals surface area contributed by atoms with Gasteiger partial charge in [0.2, 0.25) is 0 Å². The van der Waals surface area contributed by atoms with Gasteiger partial charge >= 0.3 is 6.09 Å². The Hall–Kier alpha value is -3.36. The number of alkyl carbamates (subject to hydrolysis) is 1. The highest BCUT2D eigenvalue weighted by Gasteiger charge is 2.56. The van der Waals surface area contributed by atoms with Crippen LogP contribution in [-0.4, -0.2) is 26.5 Å². The first-order valence-electron chi connectivity index (χ1n) is 12.3. The number of hydrogen-bond donors (Lipinski definition) is 3. The first kappa shape index (κ1) is 23.4. The molecule has 9 heteroatoms. The van der Waals surface area contributed by atoms with Crippen LogP contribution in [0.3, 0.4) is 0 Å². The molecule has 1 atom stereocenters. The Balaban J connectivity index is 1.40. The van der Waals surface area contributed by atoms with E-state index >= 15 is 0 Å². The lowest BCUT2D eigenvalue weighted by Gasteiger charge is -2.22. The van der Waals surface area contributed by atoms with Crippen LogP contribution in [0.25, 0.3) is 10.9 Å². The van der Waals surface area contributed by atoms with Crippen molar-refractivity contribution in [3.63, 3.8) is 0 Å². The number of anilines is 2. The fourth-order valence-corrected chi connectivity index (χ4v) is 5.30. The number of amides is 1. The molecule has 186 valence electrons. The van der Waals surface area contributed by atoms with Gasteiger partial charge in [-0.2, -0.15) is 5.10 Å². The summed E-state index contributed by atoms with van der Waals surface area (Å²) in [4.78, 5) is 27.5. The summed E-state index contributed by atoms with van der Waals surface area (Å²) in [5.41, 5.74) is 1.11. The topological polar surface area (TPSA) is 101 Å². The average molecular weight is 482 g/mol. The number of benzene rings is 1. The number of carbonyl (C=O) groups is 1. The van der Waals surface area contributed by atoms with Gasteiger partial charge in [-0.25, -0.2) is 9.18 Å². The van der Waals surface area contributed by atoms with E-state index in [1.54, 1.807) is 39.1 Å². The van der Waals surface area contributed by atoms with Gasteiger partial charge in [0.1, 0.15) is 16.8 Å². The maximum Gasteiger partial charge on any atom is 0.407 e. The zero-order valence-corrected chi connectivity index (χ0v) is 20.4. The summed E-state index contributed by atoms with van der Waals surface area (Å²) in [6.45, 7) is 5.26. The van der Waals surface area contributed by atoms with E-state index in [4.69, 9.17) is 9.84 Å². The van der Waals surface area contributed by atoms with Crippen molar-refractivity contribution in [3.8, 4) is 0 Å². The first-order chi connectivity index (χ1) is 16.7. The second-order valence-corrected chi connectivity index (χ2v) is 10.8. The predicted molar refractivity (Wildman–Crippen MR) is 132 cm³/mol. The van der Waals surface area contributed by atoms with Crippen molar-refractivity contribution in [2.24, 2.45) is 5.41 Å². The lowest BCUT2D eigenvalue weighted by atomic mass is 9.86. The van der Waals surface area contributed by atoms with Gasteiger partial charge in [0.15, 0.2) is 5.82 Å². The van der Waals surface area contributed by atoms with Crippen molar-refractivity contribution < 1.29 is 13.9 Å². The van der Waals surface area contributed by atoms with Crippen molar-refractivity contribution in [1.82, 2.24) is 20.1 Å². The Morgan fingerprint density at radius 1 is 1.26 bits per heavy atom. The molecule has 2 aliphatic rings. The number of ether oxygens (including phenoxy) is 1. The molecular weight excluding hydrogens is 449 g/mol. The van der Waals surface area contributed by atoms with Gasteiger partial charge in [-0.05, 0) is 69.7 Å². The molecule has 2 fully saturated rings. The molecule has 1 spiro atoms. The number of hydrogen-bond acceptors (Lipinski definition) is 5. The van der Waals surface area contributed by atoms with Gasteiger partial charge in [-0.15, -0.1) is 0 Å². The number of nitrogens with one attached hydrogen (secondary N) is 3. The van der Waals surface area contributed by atoms with E-state index in [1.807, 2.05) is 10.7 Å². The Bertz CT molecular complexity index is 1320. The first-order valence-corrected chi connectivity index (χ1v) is 12.3. The number of H-pyrrole nitrogens is 1. The maximum atomic E-state index is 14.4. The van der Waals surface area contributed by atoms with Crippen LogP contribution in [0.1, 0.15) is 70.9 Å². The normalized spacial score (nSPS) is 19.0. The van der Waals surface area contributed by atoms with E-state index in [-0.39, 0.29) is 12.1 Å². The van der Waals surface area contributed by atoms with E-state index in [0.29, 0.717) is 33.9 Å². The van der Waals surface area contributed by atoms with E-state index in [1.165, 1.54) is 38.2 Å². The zero-order chi connectivity index (χ0) is 24.8. The average Bonchev–Trinajstić information content (AvgIpc) is 3.34. The molecule has 8 nitrogen and oxygen atoms in total. The van der Waals surface area contributed by atoms with Crippen molar-refractivity contribution >= 4 is 28.5 Å². The number of fused-ring (bicyclic) bond motifs is 1. The number of halogens is 1. The lowest BCUT2D eigenvalue weighted by Crippen LogP contribution is -2.32. The largest absolute Gasteiger partial charge is 0.444 e. The molecule has 0 bridgehead atoms. The van der Waals surface area contributed by atoms with Gasteiger partial charge in [-0.1, -0.05) is 19.3 Å². The van der Waals surface area contributed by atoms with E-state index in [2.05, 4.69) is 15.6 Å². The SMILES string of the molecule is CC(C)(C)OC(=O)NCc1cc(Nc2nn(C3CC34CCCCC4)c3cc[nH]c(=O)c23)ccc1F. The summed E-state index contributed by atoms with van der Waals surface area (Å²) < 4.78 is 21.7. The quantitative estimate of drug-likeness (QED) is 0.445. The van der Waals surface area contributed by atoms with Crippen molar-refractivity contribution in [3.05, 3.63) is 52.2 Å². The van der Waals surface area contributed by atoms with E-state index in [9.17, 15) is 14.0 Å². The molecule has 2 saturated carbocycles. The van der Waals surface area contributed by atoms with Gasteiger partial charge < -0.3 is 20.4 Å². The maximum absolute atomic E-state index is 14.4. The minimum atomic E-state index is -0.642. The molecule has 3 N–H and O–H groups in total. The Morgan fingerprint density at radius 3 is 2.77 bits per heavy atom. The molecule has 2 heterocycles. The monoisotopic (exact) mass is 481 g/mol. The summed E-state index contributed by atoms with van der Waals surface area (Å²) in [5, 5.41) is 11.1. The number of nitrogens with zero attached hydrogens (tertiary/aromatic N) is 2. The highest BCUT2D eigenvalue weighted by atomic mass is 19.1. The van der Waals surface area contributed by atoms with Crippen LogP contribution in [0.2, 0.25) is 0 Å². The molecule has 3 aromatic rings. The number of rotatable bonds is 5. The van der Waals surface area contributed by atoms with Crippen molar-refractivity contribution in [2.75, 3.05) is 5.32 Å². The summed E-state index contributed by atoms with van der Waals surface area (Å²) in [5.74, 6) is -0.00515. The Morgan fingerprint density at radius 2 is 2.03 bits per heavy atom. The van der Waals surface area contributed by atoms with Gasteiger partial charge in [0.25, 0.3) is 5.56 Å². The van der Waals surface area contributed by atoms with Gasteiger partial charge in [0.05, 0.1) is 11.6 Å². The molecule has 1 aromatic carbocycles. The second kappa shape index (κ2) is 8.70. The smallest absolute Gasteiger partial charge is 0.407 e. The Labute approximate surface area is 203 Å². The summed E-state index contributed by atoms with van der Waals surface area (Å²) in [6, 6.07) is 6.72. The third kappa shape index (κ3) is 4.76. The molecule has 0 radical (unpaired) electrons. The number of pyridine rings is 1. The van der Waals surface area contributed by atoms with Crippen LogP contribution in [0.5, 0.6) is 0 Å². The zero-order valence-electron chi connectivity index (χ0n) is 20.4. The van der Waals surface area contributed by atoms with E-state index < -0.39 is 17.5 Å². The summed E-state index contributed by atoms with van der Waals surface area (Å²) in [6.07, 6.45) is 8.32. The number of aromatic nitrogens is 3. The second-order valence-electron chi connectivity index (χ2n) is 10.8. The molecule has 5 rings (SSSR count). The van der Waals surface area contributed by atoms with Crippen LogP contribution in [-0.2, 0) is 11.3 Å². The molecule has 2 aromatic heterocycles. The molecule has 0 aliphatic heterocycles. The van der Waals surface area contributed by atoms with E-state index in [0.717, 1.165) is 11.9 Å². The molecule has 1 amide bonds. The van der Waals surface area contributed by atoms with Crippen molar-refractivity contribution in [1.29, 1.82) is 0 Å². The molecule has 1 unspecified atom stereocenters. The van der Waals surface area contributed by atoms with Crippen LogP contribution in [0.4, 0.5) is 20.7 Å².